The lowest BCUT2D eigenvalue weighted by molar-refractivity contribution is 0.190. The van der Waals surface area contributed by atoms with Gasteiger partial charge in [0.05, 0.1) is 29.8 Å². The fraction of sp³-hybridized carbons (Fsp3) is 0.421. The van der Waals surface area contributed by atoms with Crippen LogP contribution in [-0.2, 0) is 11.2 Å². The molecule has 0 radical (unpaired) electrons. The molecule has 0 aliphatic rings. The first kappa shape index (κ1) is 18.9. The summed E-state index contributed by atoms with van der Waals surface area (Å²) in [7, 11) is 1.66. The van der Waals surface area contributed by atoms with Crippen LogP contribution in [-0.4, -0.2) is 44.9 Å². The number of hydrogen-bond donors (Lipinski definition) is 1. The van der Waals surface area contributed by atoms with Crippen LogP contribution in [0.25, 0.3) is 22.7 Å². The van der Waals surface area contributed by atoms with Crippen LogP contribution in [0.3, 0.4) is 0 Å². The highest BCUT2D eigenvalue weighted by molar-refractivity contribution is 5.78. The van der Waals surface area contributed by atoms with E-state index in [9.17, 15) is 0 Å². The van der Waals surface area contributed by atoms with Crippen molar-refractivity contribution in [2.24, 2.45) is 0 Å². The van der Waals surface area contributed by atoms with Crippen molar-refractivity contribution in [1.82, 2.24) is 25.1 Å². The van der Waals surface area contributed by atoms with Crippen molar-refractivity contribution in [2.45, 2.75) is 40.2 Å². The van der Waals surface area contributed by atoms with E-state index in [0.717, 1.165) is 28.9 Å². The molecular formula is C19H24N6O2. The van der Waals surface area contributed by atoms with Gasteiger partial charge in [0.1, 0.15) is 11.4 Å². The van der Waals surface area contributed by atoms with Gasteiger partial charge in [0.25, 0.3) is 0 Å². The minimum atomic E-state index is 0.0662. The minimum absolute atomic E-state index is 0.0662. The van der Waals surface area contributed by atoms with E-state index in [2.05, 4.69) is 37.3 Å². The Hall–Kier alpha value is -2.87. The number of ether oxygens (including phenoxy) is 1. The molecule has 1 N–H and O–H groups in total. The van der Waals surface area contributed by atoms with Crippen LogP contribution in [0.15, 0.2) is 23.1 Å². The Morgan fingerprint density at radius 2 is 1.96 bits per heavy atom. The number of nitrogens with zero attached hydrogens (tertiary/aromatic N) is 5. The maximum atomic E-state index is 5.60. The largest absolute Gasteiger partial charge is 0.383 e. The minimum Gasteiger partial charge on any atom is -0.383 e. The monoisotopic (exact) mass is 368 g/mol. The van der Waals surface area contributed by atoms with E-state index < -0.39 is 0 Å². The SMILES string of the molecule is CCc1c(C)noc1-c1cnc(N[C@H](C)COC)nc1-c1cnc(C)cn1. The summed E-state index contributed by atoms with van der Waals surface area (Å²) < 4.78 is 10.8. The topological polar surface area (TPSA) is 98.9 Å². The van der Waals surface area contributed by atoms with Gasteiger partial charge in [0, 0.05) is 31.1 Å². The Labute approximate surface area is 158 Å². The van der Waals surface area contributed by atoms with Crippen LogP contribution in [0.4, 0.5) is 5.95 Å². The van der Waals surface area contributed by atoms with Gasteiger partial charge in [-0.2, -0.15) is 0 Å². The fourth-order valence-electron chi connectivity index (χ4n) is 2.86. The Morgan fingerprint density at radius 3 is 2.63 bits per heavy atom. The Morgan fingerprint density at radius 1 is 1.15 bits per heavy atom. The van der Waals surface area contributed by atoms with Crippen molar-refractivity contribution in [1.29, 1.82) is 0 Å². The molecule has 27 heavy (non-hydrogen) atoms. The highest BCUT2D eigenvalue weighted by Crippen LogP contribution is 2.33. The molecule has 3 heterocycles. The molecule has 0 amide bonds. The summed E-state index contributed by atoms with van der Waals surface area (Å²) in [6.07, 6.45) is 5.96. The van der Waals surface area contributed by atoms with Gasteiger partial charge in [-0.25, -0.2) is 9.97 Å². The van der Waals surface area contributed by atoms with Gasteiger partial charge in [0.2, 0.25) is 5.95 Å². The van der Waals surface area contributed by atoms with Crippen LogP contribution in [0, 0.1) is 13.8 Å². The van der Waals surface area contributed by atoms with Gasteiger partial charge in [0.15, 0.2) is 5.76 Å². The third kappa shape index (κ3) is 4.11. The first-order chi connectivity index (χ1) is 13.0. The standard InChI is InChI=1S/C19H24N6O2/c1-6-14-13(4)25-27-18(14)15-8-22-19(23-12(3)10-26-5)24-17(15)16-9-20-11(2)7-21-16/h7-9,12H,6,10H2,1-5H3,(H,22,23,24)/t12-/m1/s1. The van der Waals surface area contributed by atoms with E-state index in [1.54, 1.807) is 25.7 Å². The van der Waals surface area contributed by atoms with Crippen molar-refractivity contribution >= 4 is 5.95 Å². The normalized spacial score (nSPS) is 12.2. The summed E-state index contributed by atoms with van der Waals surface area (Å²) in [4.78, 5) is 18.0. The Balaban J connectivity index is 2.10. The molecule has 142 valence electrons. The quantitative estimate of drug-likeness (QED) is 0.679. The molecule has 0 spiro atoms. The summed E-state index contributed by atoms with van der Waals surface area (Å²) in [6.45, 7) is 8.44. The van der Waals surface area contributed by atoms with Crippen LogP contribution in [0.2, 0.25) is 0 Å². The van der Waals surface area contributed by atoms with E-state index >= 15 is 0 Å². The summed E-state index contributed by atoms with van der Waals surface area (Å²) in [5, 5.41) is 7.34. The second-order valence-corrected chi connectivity index (χ2v) is 6.43. The zero-order valence-corrected chi connectivity index (χ0v) is 16.3. The number of nitrogens with one attached hydrogen (secondary N) is 1. The number of rotatable bonds is 7. The second kappa shape index (κ2) is 8.22. The maximum Gasteiger partial charge on any atom is 0.223 e. The molecule has 3 aromatic rings. The van der Waals surface area contributed by atoms with Crippen molar-refractivity contribution in [3.63, 3.8) is 0 Å². The summed E-state index contributed by atoms with van der Waals surface area (Å²) in [6, 6.07) is 0.0662. The predicted molar refractivity (Wildman–Crippen MR) is 102 cm³/mol. The molecule has 8 heteroatoms. The average molecular weight is 368 g/mol. The highest BCUT2D eigenvalue weighted by Gasteiger charge is 2.21. The number of hydrogen-bond acceptors (Lipinski definition) is 8. The van der Waals surface area contributed by atoms with Crippen molar-refractivity contribution in [3.8, 4) is 22.7 Å². The van der Waals surface area contributed by atoms with E-state index in [-0.39, 0.29) is 6.04 Å². The Bertz CT molecular complexity index is 907. The first-order valence-electron chi connectivity index (χ1n) is 8.90. The summed E-state index contributed by atoms with van der Waals surface area (Å²) >= 11 is 0. The smallest absolute Gasteiger partial charge is 0.223 e. The van der Waals surface area contributed by atoms with Gasteiger partial charge in [-0.15, -0.1) is 0 Å². The summed E-state index contributed by atoms with van der Waals surface area (Å²) in [5.41, 5.74) is 4.78. The third-order valence-electron chi connectivity index (χ3n) is 4.19. The molecule has 3 aromatic heterocycles. The number of anilines is 1. The fourth-order valence-corrected chi connectivity index (χ4v) is 2.86. The van der Waals surface area contributed by atoms with Gasteiger partial charge in [-0.1, -0.05) is 12.1 Å². The molecule has 3 rings (SSSR count). The molecular weight excluding hydrogens is 344 g/mol. The third-order valence-corrected chi connectivity index (χ3v) is 4.19. The van der Waals surface area contributed by atoms with Crippen LogP contribution in [0.5, 0.6) is 0 Å². The van der Waals surface area contributed by atoms with Crippen molar-refractivity contribution < 1.29 is 9.26 Å². The molecule has 0 aromatic carbocycles. The number of aryl methyl sites for hydroxylation is 2. The number of methoxy groups -OCH3 is 1. The van der Waals surface area contributed by atoms with Crippen LogP contribution < -0.4 is 5.32 Å². The maximum absolute atomic E-state index is 5.60. The lowest BCUT2D eigenvalue weighted by Gasteiger charge is -2.14. The molecule has 0 bridgehead atoms. The molecule has 0 saturated heterocycles. The lowest BCUT2D eigenvalue weighted by Crippen LogP contribution is -2.22. The van der Waals surface area contributed by atoms with Crippen molar-refractivity contribution in [3.05, 3.63) is 35.5 Å². The zero-order valence-electron chi connectivity index (χ0n) is 16.3. The Kier molecular flexibility index (Phi) is 5.75. The predicted octanol–water partition coefficient (Wildman–Crippen LogP) is 3.21. The van der Waals surface area contributed by atoms with E-state index in [1.807, 2.05) is 20.8 Å². The molecule has 0 aliphatic heterocycles. The molecule has 0 fully saturated rings. The zero-order chi connectivity index (χ0) is 19.4. The van der Waals surface area contributed by atoms with E-state index in [4.69, 9.17) is 9.26 Å². The van der Waals surface area contributed by atoms with Gasteiger partial charge in [-0.3, -0.25) is 9.97 Å². The molecule has 8 nitrogen and oxygen atoms in total. The first-order valence-corrected chi connectivity index (χ1v) is 8.90. The summed E-state index contributed by atoms with van der Waals surface area (Å²) in [5.74, 6) is 1.17. The van der Waals surface area contributed by atoms with Gasteiger partial charge < -0.3 is 14.6 Å². The number of aromatic nitrogens is 5. The highest BCUT2D eigenvalue weighted by atomic mass is 16.5. The van der Waals surface area contributed by atoms with E-state index in [1.165, 1.54) is 0 Å². The van der Waals surface area contributed by atoms with Crippen molar-refractivity contribution in [2.75, 3.05) is 19.0 Å². The van der Waals surface area contributed by atoms with Crippen LogP contribution >= 0.6 is 0 Å². The van der Waals surface area contributed by atoms with Gasteiger partial charge >= 0.3 is 0 Å². The molecule has 0 unspecified atom stereocenters. The van der Waals surface area contributed by atoms with Gasteiger partial charge in [-0.05, 0) is 27.2 Å². The molecule has 0 saturated carbocycles. The second-order valence-electron chi connectivity index (χ2n) is 6.43. The lowest BCUT2D eigenvalue weighted by atomic mass is 10.0. The molecule has 0 aliphatic carbocycles. The van der Waals surface area contributed by atoms with Crippen LogP contribution in [0.1, 0.15) is 30.8 Å². The average Bonchev–Trinajstić information content (AvgIpc) is 3.03. The molecule has 1 atom stereocenters. The van der Waals surface area contributed by atoms with E-state index in [0.29, 0.717) is 29.7 Å².